The number of halogens is 1. The van der Waals surface area contributed by atoms with Crippen LogP contribution in [-0.4, -0.2) is 24.6 Å². The highest BCUT2D eigenvalue weighted by atomic mass is 127. The molecule has 0 aromatic heterocycles. The topological polar surface area (TPSA) is 83.4 Å². The summed E-state index contributed by atoms with van der Waals surface area (Å²) in [4.78, 5) is 12.1. The van der Waals surface area contributed by atoms with E-state index in [1.54, 1.807) is 6.07 Å². The number of nitrogens with one attached hydrogen (secondary N) is 2. The van der Waals surface area contributed by atoms with E-state index in [9.17, 15) is 4.79 Å². The summed E-state index contributed by atoms with van der Waals surface area (Å²) in [7, 11) is 1.53. The lowest BCUT2D eigenvalue weighted by molar-refractivity contribution is -0.114. The number of hydrogen-bond acceptors (Lipinski definition) is 5. The van der Waals surface area contributed by atoms with Crippen molar-refractivity contribution in [2.45, 2.75) is 19.9 Å². The number of nitriles is 1. The fourth-order valence-corrected chi connectivity index (χ4v) is 3.61. The Bertz CT molecular complexity index is 771. The summed E-state index contributed by atoms with van der Waals surface area (Å²) in [5.74, 6) is 0.961. The van der Waals surface area contributed by atoms with Gasteiger partial charge in [0.1, 0.15) is 6.07 Å². The molecule has 1 aliphatic heterocycles. The van der Waals surface area contributed by atoms with Crippen molar-refractivity contribution in [2.75, 3.05) is 13.7 Å². The molecule has 0 saturated carbocycles. The van der Waals surface area contributed by atoms with Gasteiger partial charge in [-0.05, 0) is 66.4 Å². The molecule has 2 rings (SSSR count). The molecule has 0 unspecified atom stereocenters. The highest BCUT2D eigenvalue weighted by Crippen LogP contribution is 2.38. The molecule has 0 saturated heterocycles. The fraction of sp³-hybridized carbons (Fsp3) is 0.312. The molecule has 0 aliphatic carbocycles. The van der Waals surface area contributed by atoms with Crippen molar-refractivity contribution in [3.63, 3.8) is 0 Å². The van der Waals surface area contributed by atoms with Gasteiger partial charge in [0.15, 0.2) is 29.0 Å². The first-order chi connectivity index (χ1) is 11.4. The number of hydrogen-bond donors (Lipinski definition) is 2. The Morgan fingerprint density at radius 3 is 2.79 bits per heavy atom. The smallest absolute Gasteiger partial charge is 0.176 e. The second-order valence-electron chi connectivity index (χ2n) is 5.11. The number of ether oxygens (including phenoxy) is 2. The van der Waals surface area contributed by atoms with Crippen LogP contribution in [0.3, 0.4) is 0 Å². The maximum atomic E-state index is 12.1. The molecule has 0 bridgehead atoms. The van der Waals surface area contributed by atoms with E-state index in [-0.39, 0.29) is 18.4 Å². The number of carbonyl (C=O) groups excluding carboxylic acids is 1. The van der Waals surface area contributed by atoms with E-state index in [1.807, 2.05) is 19.1 Å². The van der Waals surface area contributed by atoms with Gasteiger partial charge in [0.2, 0.25) is 0 Å². The average molecular weight is 457 g/mol. The molecule has 1 atom stereocenters. The molecule has 1 aromatic carbocycles. The molecular weight excluding hydrogens is 441 g/mol. The first-order valence-electron chi connectivity index (χ1n) is 7.05. The Morgan fingerprint density at radius 2 is 2.21 bits per heavy atom. The number of Topliss-reactive ketones (excluding diaryl/α,β-unsaturated/α-hetero) is 1. The molecule has 6 nitrogen and oxygen atoms in total. The summed E-state index contributed by atoms with van der Waals surface area (Å²) >= 11 is 7.33. The molecule has 1 aromatic rings. The van der Waals surface area contributed by atoms with E-state index in [2.05, 4.69) is 33.2 Å². The van der Waals surface area contributed by atoms with E-state index in [1.165, 1.54) is 14.0 Å². The Morgan fingerprint density at radius 1 is 1.50 bits per heavy atom. The number of allylic oxidation sites excluding steroid dienone is 1. The summed E-state index contributed by atoms with van der Waals surface area (Å²) < 4.78 is 11.6. The van der Waals surface area contributed by atoms with Crippen LogP contribution in [0.15, 0.2) is 23.4 Å². The minimum Gasteiger partial charge on any atom is -0.493 e. The number of benzene rings is 1. The van der Waals surface area contributed by atoms with Crippen molar-refractivity contribution in [1.29, 1.82) is 5.26 Å². The summed E-state index contributed by atoms with van der Waals surface area (Å²) in [6.45, 7) is 3.28. The summed E-state index contributed by atoms with van der Waals surface area (Å²) in [5.41, 5.74) is 2.18. The van der Waals surface area contributed by atoms with Gasteiger partial charge in [-0.3, -0.25) is 4.79 Å². The van der Waals surface area contributed by atoms with Crippen LogP contribution in [0.25, 0.3) is 0 Å². The maximum absolute atomic E-state index is 12.1. The third-order valence-electron chi connectivity index (χ3n) is 3.51. The Hall–Kier alpha value is -1.86. The Balaban J connectivity index is 2.53. The lowest BCUT2D eigenvalue weighted by Gasteiger charge is -2.30. The van der Waals surface area contributed by atoms with Crippen LogP contribution in [-0.2, 0) is 4.79 Å². The van der Waals surface area contributed by atoms with Gasteiger partial charge < -0.3 is 20.1 Å². The zero-order valence-electron chi connectivity index (χ0n) is 13.4. The number of nitrogens with zero attached hydrogens (tertiary/aromatic N) is 1. The molecule has 0 radical (unpaired) electrons. The highest BCUT2D eigenvalue weighted by Gasteiger charge is 2.29. The SMILES string of the molecule is COc1cc([C@@H]2NC(=S)NC(C)=C2C(C)=O)cc(I)c1OCC#N. The monoisotopic (exact) mass is 457 g/mol. The molecule has 24 heavy (non-hydrogen) atoms. The maximum Gasteiger partial charge on any atom is 0.176 e. The van der Waals surface area contributed by atoms with Crippen molar-refractivity contribution in [3.05, 3.63) is 32.5 Å². The first kappa shape index (κ1) is 18.5. The van der Waals surface area contributed by atoms with Gasteiger partial charge in [0.25, 0.3) is 0 Å². The van der Waals surface area contributed by atoms with Crippen LogP contribution in [0.1, 0.15) is 25.5 Å². The van der Waals surface area contributed by atoms with E-state index < -0.39 is 0 Å². The molecule has 0 fully saturated rings. The van der Waals surface area contributed by atoms with Gasteiger partial charge in [0, 0.05) is 11.3 Å². The van der Waals surface area contributed by atoms with Crippen LogP contribution in [0.2, 0.25) is 0 Å². The number of rotatable bonds is 5. The average Bonchev–Trinajstić information content (AvgIpc) is 2.51. The third kappa shape index (κ3) is 3.79. The van der Waals surface area contributed by atoms with E-state index in [0.29, 0.717) is 22.2 Å². The van der Waals surface area contributed by atoms with Crippen molar-refractivity contribution >= 4 is 45.7 Å². The van der Waals surface area contributed by atoms with Crippen LogP contribution < -0.4 is 20.1 Å². The van der Waals surface area contributed by atoms with Crippen LogP contribution >= 0.6 is 34.8 Å². The first-order valence-corrected chi connectivity index (χ1v) is 8.54. The molecule has 1 heterocycles. The van der Waals surface area contributed by atoms with Crippen molar-refractivity contribution in [3.8, 4) is 17.6 Å². The number of ketones is 1. The van der Waals surface area contributed by atoms with Crippen molar-refractivity contribution in [2.24, 2.45) is 0 Å². The molecule has 1 aliphatic rings. The predicted molar refractivity (Wildman–Crippen MR) is 102 cm³/mol. The zero-order chi connectivity index (χ0) is 17.9. The molecular formula is C16H16IN3O3S. The summed E-state index contributed by atoms with van der Waals surface area (Å²) in [5, 5.41) is 15.3. The van der Waals surface area contributed by atoms with Gasteiger partial charge in [-0.2, -0.15) is 5.26 Å². The largest absolute Gasteiger partial charge is 0.493 e. The minimum atomic E-state index is -0.372. The molecule has 126 valence electrons. The van der Waals surface area contributed by atoms with Gasteiger partial charge in [-0.15, -0.1) is 0 Å². The van der Waals surface area contributed by atoms with Crippen molar-refractivity contribution in [1.82, 2.24) is 10.6 Å². The fourth-order valence-electron chi connectivity index (χ4n) is 2.56. The standard InChI is InChI=1S/C16H16IN3O3S/c1-8-13(9(2)21)14(20-16(24)19-8)10-6-11(17)15(23-5-4-18)12(7-10)22-3/h6-7,14H,5H2,1-3H3,(H2,19,20,24)/t14-/m0/s1. The van der Waals surface area contributed by atoms with E-state index >= 15 is 0 Å². The lowest BCUT2D eigenvalue weighted by atomic mass is 9.93. The van der Waals surface area contributed by atoms with E-state index in [4.69, 9.17) is 27.0 Å². The zero-order valence-corrected chi connectivity index (χ0v) is 16.4. The van der Waals surface area contributed by atoms with Gasteiger partial charge in [-0.1, -0.05) is 0 Å². The van der Waals surface area contributed by atoms with E-state index in [0.717, 1.165) is 14.8 Å². The quantitative estimate of drug-likeness (QED) is 0.520. The molecule has 0 amide bonds. The molecule has 8 heteroatoms. The molecule has 2 N–H and O–H groups in total. The second-order valence-corrected chi connectivity index (χ2v) is 6.68. The summed E-state index contributed by atoms with van der Waals surface area (Å²) in [6, 6.07) is 5.24. The van der Waals surface area contributed by atoms with Gasteiger partial charge >= 0.3 is 0 Å². The second kappa shape index (κ2) is 7.81. The van der Waals surface area contributed by atoms with Gasteiger partial charge in [0.05, 0.1) is 16.7 Å². The Kier molecular flexibility index (Phi) is 6.01. The van der Waals surface area contributed by atoms with Crippen molar-refractivity contribution < 1.29 is 14.3 Å². The minimum absolute atomic E-state index is 0.0428. The normalized spacial score (nSPS) is 16.8. The van der Waals surface area contributed by atoms with Crippen LogP contribution in [0.5, 0.6) is 11.5 Å². The van der Waals surface area contributed by atoms with Crippen LogP contribution in [0.4, 0.5) is 0 Å². The molecule has 0 spiro atoms. The Labute approximate surface area is 159 Å². The summed E-state index contributed by atoms with van der Waals surface area (Å²) in [6.07, 6.45) is 0. The van der Waals surface area contributed by atoms with Crippen LogP contribution in [0, 0.1) is 14.9 Å². The predicted octanol–water partition coefficient (Wildman–Crippen LogP) is 2.58. The number of thiocarbonyl (C=S) groups is 1. The highest BCUT2D eigenvalue weighted by molar-refractivity contribution is 14.1. The van der Waals surface area contributed by atoms with Gasteiger partial charge in [-0.25, -0.2) is 0 Å². The lowest BCUT2D eigenvalue weighted by Crippen LogP contribution is -2.44. The third-order valence-corrected chi connectivity index (χ3v) is 4.54. The number of carbonyl (C=O) groups is 1. The number of methoxy groups -OCH3 is 1.